The molecule has 7 heteroatoms. The number of amides is 1. The van der Waals surface area contributed by atoms with Gasteiger partial charge in [0.05, 0.1) is 5.56 Å². The number of aromatic hydroxyl groups is 1. The monoisotopic (exact) mass is 365 g/mol. The van der Waals surface area contributed by atoms with Crippen molar-refractivity contribution in [1.82, 2.24) is 4.90 Å². The number of nitrogens with zero attached hydrogens (tertiary/aromatic N) is 1. The Bertz CT molecular complexity index is 550. The van der Waals surface area contributed by atoms with Crippen LogP contribution in [0, 0.1) is 17.5 Å². The van der Waals surface area contributed by atoms with Crippen LogP contribution in [0.3, 0.4) is 0 Å². The molecule has 1 aliphatic carbocycles. The van der Waals surface area contributed by atoms with Crippen molar-refractivity contribution in [2.45, 2.75) is 31.7 Å². The summed E-state index contributed by atoms with van der Waals surface area (Å²) in [6, 6.07) is 0.498. The molecule has 21 heavy (non-hydrogen) atoms. The number of benzene rings is 1. The van der Waals surface area contributed by atoms with Crippen molar-refractivity contribution in [3.05, 3.63) is 29.1 Å². The van der Waals surface area contributed by atoms with E-state index < -0.39 is 34.7 Å². The maximum atomic E-state index is 13.8. The third-order valence-corrected chi connectivity index (χ3v) is 4.23. The van der Waals surface area contributed by atoms with Gasteiger partial charge in [-0.15, -0.1) is 0 Å². The van der Waals surface area contributed by atoms with Crippen molar-refractivity contribution < 1.29 is 23.1 Å². The highest BCUT2D eigenvalue weighted by molar-refractivity contribution is 9.09. The summed E-state index contributed by atoms with van der Waals surface area (Å²) >= 11 is 3.26. The fourth-order valence-electron chi connectivity index (χ4n) is 2.28. The van der Waals surface area contributed by atoms with E-state index in [-0.39, 0.29) is 6.04 Å². The molecule has 0 saturated heterocycles. The second-order valence-corrected chi connectivity index (χ2v) is 5.80. The fraction of sp³-hybridized carbons (Fsp3) is 0.500. The molecule has 2 rings (SSSR count). The van der Waals surface area contributed by atoms with Crippen LogP contribution in [0.2, 0.25) is 0 Å². The van der Waals surface area contributed by atoms with Crippen LogP contribution in [0.1, 0.15) is 36.0 Å². The summed E-state index contributed by atoms with van der Waals surface area (Å²) in [7, 11) is 0. The molecule has 0 atom stereocenters. The normalized spacial score (nSPS) is 14.9. The lowest BCUT2D eigenvalue weighted by molar-refractivity contribution is 0.0574. The van der Waals surface area contributed by atoms with E-state index in [4.69, 9.17) is 0 Å². The average molecular weight is 366 g/mol. The van der Waals surface area contributed by atoms with Crippen molar-refractivity contribution >= 4 is 21.8 Å². The SMILES string of the molecule is O=C(c1cc(F)c(F)c(O)c1F)N(CCCBr)C1CCC1. The predicted molar refractivity (Wildman–Crippen MR) is 75.1 cm³/mol. The van der Waals surface area contributed by atoms with Gasteiger partial charge in [0.25, 0.3) is 5.91 Å². The van der Waals surface area contributed by atoms with E-state index in [1.807, 2.05) is 0 Å². The van der Waals surface area contributed by atoms with E-state index in [2.05, 4.69) is 15.9 Å². The Morgan fingerprint density at radius 1 is 1.33 bits per heavy atom. The van der Waals surface area contributed by atoms with Crippen LogP contribution < -0.4 is 0 Å². The number of rotatable bonds is 5. The number of halogens is 4. The van der Waals surface area contributed by atoms with Gasteiger partial charge in [-0.3, -0.25) is 4.79 Å². The van der Waals surface area contributed by atoms with Crippen molar-refractivity contribution in [2.24, 2.45) is 0 Å². The molecule has 3 nitrogen and oxygen atoms in total. The Balaban J connectivity index is 2.32. The molecule has 0 spiro atoms. The third-order valence-electron chi connectivity index (χ3n) is 3.67. The molecule has 0 unspecified atom stereocenters. The minimum atomic E-state index is -1.68. The summed E-state index contributed by atoms with van der Waals surface area (Å²) in [5.74, 6) is -6.70. The van der Waals surface area contributed by atoms with Crippen LogP contribution in [0.5, 0.6) is 5.75 Å². The lowest BCUT2D eigenvalue weighted by atomic mass is 9.90. The minimum absolute atomic E-state index is 0.00814. The van der Waals surface area contributed by atoms with Gasteiger partial charge in [0.2, 0.25) is 5.82 Å². The van der Waals surface area contributed by atoms with Crippen molar-refractivity contribution in [1.29, 1.82) is 0 Å². The Morgan fingerprint density at radius 3 is 2.52 bits per heavy atom. The van der Waals surface area contributed by atoms with Gasteiger partial charge in [0.15, 0.2) is 17.4 Å². The first kappa shape index (κ1) is 16.1. The van der Waals surface area contributed by atoms with Gasteiger partial charge in [-0.05, 0) is 31.7 Å². The van der Waals surface area contributed by atoms with E-state index >= 15 is 0 Å². The average Bonchev–Trinajstić information content (AvgIpc) is 2.42. The lowest BCUT2D eigenvalue weighted by Gasteiger charge is -2.37. The Hall–Kier alpha value is -1.24. The summed E-state index contributed by atoms with van der Waals surface area (Å²) in [5, 5.41) is 9.89. The molecule has 0 aromatic heterocycles. The second-order valence-electron chi connectivity index (χ2n) is 5.01. The highest BCUT2D eigenvalue weighted by Gasteiger charge is 2.32. The highest BCUT2D eigenvalue weighted by Crippen LogP contribution is 2.30. The highest BCUT2D eigenvalue weighted by atomic mass is 79.9. The van der Waals surface area contributed by atoms with Gasteiger partial charge >= 0.3 is 0 Å². The molecule has 1 aliphatic rings. The molecule has 1 aromatic rings. The molecule has 0 heterocycles. The Morgan fingerprint density at radius 2 is 2.00 bits per heavy atom. The maximum Gasteiger partial charge on any atom is 0.257 e. The fourth-order valence-corrected chi connectivity index (χ4v) is 2.53. The van der Waals surface area contributed by atoms with Crippen molar-refractivity contribution in [3.8, 4) is 5.75 Å². The van der Waals surface area contributed by atoms with Gasteiger partial charge < -0.3 is 10.0 Å². The van der Waals surface area contributed by atoms with E-state index in [1.54, 1.807) is 0 Å². The van der Waals surface area contributed by atoms with Crippen LogP contribution in [-0.4, -0.2) is 33.8 Å². The Labute approximate surface area is 128 Å². The summed E-state index contributed by atoms with van der Waals surface area (Å²) in [5.41, 5.74) is -0.632. The number of hydrogen-bond acceptors (Lipinski definition) is 2. The van der Waals surface area contributed by atoms with Crippen LogP contribution in [0.25, 0.3) is 0 Å². The molecule has 1 fully saturated rings. The lowest BCUT2D eigenvalue weighted by Crippen LogP contribution is -2.45. The summed E-state index contributed by atoms with van der Waals surface area (Å²) in [4.78, 5) is 13.9. The summed E-state index contributed by atoms with van der Waals surface area (Å²) in [6.07, 6.45) is 3.27. The number of hydrogen-bond donors (Lipinski definition) is 1. The number of carbonyl (C=O) groups is 1. The number of phenolic OH excluding ortho intramolecular Hbond substituents is 1. The van der Waals surface area contributed by atoms with E-state index in [0.29, 0.717) is 24.4 Å². The van der Waals surface area contributed by atoms with Gasteiger partial charge in [-0.1, -0.05) is 15.9 Å². The molecular formula is C14H15BrF3NO2. The van der Waals surface area contributed by atoms with Gasteiger partial charge in [0, 0.05) is 17.9 Å². The maximum absolute atomic E-state index is 13.8. The number of carbonyl (C=O) groups excluding carboxylic acids is 1. The minimum Gasteiger partial charge on any atom is -0.503 e. The standard InChI is InChI=1S/C14H15BrF3NO2/c15-5-2-6-19(8-3-1-4-8)14(21)9-7-10(16)12(18)13(20)11(9)17/h7-8,20H,1-6H2. The molecule has 116 valence electrons. The molecule has 1 amide bonds. The van der Waals surface area contributed by atoms with E-state index in [1.165, 1.54) is 4.90 Å². The third kappa shape index (κ3) is 3.17. The Kier molecular flexibility index (Phi) is 5.13. The second kappa shape index (κ2) is 6.68. The van der Waals surface area contributed by atoms with E-state index in [9.17, 15) is 23.1 Å². The summed E-state index contributed by atoms with van der Waals surface area (Å²) in [6.45, 7) is 0.397. The zero-order valence-corrected chi connectivity index (χ0v) is 12.8. The van der Waals surface area contributed by atoms with Crippen LogP contribution in [0.4, 0.5) is 13.2 Å². The van der Waals surface area contributed by atoms with Crippen LogP contribution in [0.15, 0.2) is 6.07 Å². The molecule has 0 bridgehead atoms. The van der Waals surface area contributed by atoms with Crippen LogP contribution in [-0.2, 0) is 0 Å². The molecule has 0 aliphatic heterocycles. The van der Waals surface area contributed by atoms with Gasteiger partial charge in [-0.2, -0.15) is 4.39 Å². The smallest absolute Gasteiger partial charge is 0.257 e. The van der Waals surface area contributed by atoms with Crippen LogP contribution >= 0.6 is 15.9 Å². The predicted octanol–water partition coefficient (Wildman–Crippen LogP) is 3.59. The van der Waals surface area contributed by atoms with E-state index in [0.717, 1.165) is 19.3 Å². The summed E-state index contributed by atoms with van der Waals surface area (Å²) < 4.78 is 40.2. The quantitative estimate of drug-likeness (QED) is 0.639. The van der Waals surface area contributed by atoms with Gasteiger partial charge in [0.1, 0.15) is 0 Å². The number of alkyl halides is 1. The first-order valence-corrected chi connectivity index (χ1v) is 7.83. The molecule has 0 radical (unpaired) electrons. The van der Waals surface area contributed by atoms with Crippen molar-refractivity contribution in [3.63, 3.8) is 0 Å². The molecule has 1 aromatic carbocycles. The largest absolute Gasteiger partial charge is 0.503 e. The number of phenols is 1. The molecular weight excluding hydrogens is 351 g/mol. The first-order chi connectivity index (χ1) is 9.97. The molecule has 1 N–H and O–H groups in total. The zero-order chi connectivity index (χ0) is 15.6. The first-order valence-electron chi connectivity index (χ1n) is 6.70. The topological polar surface area (TPSA) is 40.5 Å². The van der Waals surface area contributed by atoms with Gasteiger partial charge in [-0.25, -0.2) is 8.78 Å². The zero-order valence-electron chi connectivity index (χ0n) is 11.2. The molecule has 1 saturated carbocycles. The van der Waals surface area contributed by atoms with Crippen molar-refractivity contribution in [2.75, 3.05) is 11.9 Å².